The van der Waals surface area contributed by atoms with Gasteiger partial charge >= 0.3 is 0 Å². The van der Waals surface area contributed by atoms with E-state index in [1.807, 2.05) is 48.5 Å². The van der Waals surface area contributed by atoms with Crippen molar-refractivity contribution < 1.29 is 24.6 Å². The third kappa shape index (κ3) is 6.37. The van der Waals surface area contributed by atoms with Crippen molar-refractivity contribution in [3.05, 3.63) is 10.1 Å². The normalized spacial score (nSPS) is 21.9. The van der Waals surface area contributed by atoms with Crippen LogP contribution in [0.1, 0.15) is 54.9 Å². The van der Waals surface area contributed by atoms with Crippen LogP contribution in [-0.4, -0.2) is 66.6 Å². The van der Waals surface area contributed by atoms with Crippen molar-refractivity contribution in [2.75, 3.05) is 19.8 Å². The number of aromatic nitrogens is 2. The summed E-state index contributed by atoms with van der Waals surface area (Å²) in [6, 6.07) is 0. The van der Waals surface area contributed by atoms with Crippen LogP contribution >= 0.6 is 11.7 Å². The van der Waals surface area contributed by atoms with Gasteiger partial charge in [-0.2, -0.15) is 5.06 Å². The number of nitrogens with zero attached hydrogens (tertiary/aromatic N) is 4. The summed E-state index contributed by atoms with van der Waals surface area (Å²) in [5.41, 5.74) is -1.04. The van der Waals surface area contributed by atoms with Gasteiger partial charge in [0.2, 0.25) is 0 Å². The Bertz CT molecular complexity index is 720. The monoisotopic (exact) mass is 447 g/mol. The average Bonchev–Trinajstić information content (AvgIpc) is 3.11. The van der Waals surface area contributed by atoms with Gasteiger partial charge in [0.25, 0.3) is 16.8 Å². The first-order valence-electron chi connectivity index (χ1n) is 9.86. The quantitative estimate of drug-likeness (QED) is 0.407. The molecule has 1 aliphatic heterocycles. The van der Waals surface area contributed by atoms with E-state index in [1.165, 1.54) is 5.06 Å². The van der Waals surface area contributed by atoms with Gasteiger partial charge in [-0.1, -0.05) is 0 Å². The molecule has 2 heterocycles. The second-order valence-corrected chi connectivity index (χ2v) is 10.3. The van der Waals surface area contributed by atoms with Crippen molar-refractivity contribution in [1.82, 2.24) is 19.1 Å². The molecular weight excluding hydrogens is 414 g/mol. The Morgan fingerprint density at radius 2 is 1.90 bits per heavy atom. The Kier molecular flexibility index (Phi) is 7.49. The van der Waals surface area contributed by atoms with Crippen LogP contribution in [0, 0.1) is 16.0 Å². The molecular formula is C18H33N5O6S. The van der Waals surface area contributed by atoms with Gasteiger partial charge in [-0.25, -0.2) is 0 Å². The molecule has 2 atom stereocenters. The van der Waals surface area contributed by atoms with E-state index >= 15 is 0 Å². The number of hydroxylamine groups is 2. The van der Waals surface area contributed by atoms with Crippen LogP contribution in [0.5, 0.6) is 11.8 Å². The van der Waals surface area contributed by atoms with E-state index in [2.05, 4.69) is 14.1 Å². The maximum absolute atomic E-state index is 10.8. The van der Waals surface area contributed by atoms with E-state index in [-0.39, 0.29) is 41.9 Å². The maximum atomic E-state index is 10.8. The zero-order valence-electron chi connectivity index (χ0n) is 18.7. The molecule has 1 aliphatic rings. The number of rotatable bonds is 10. The van der Waals surface area contributed by atoms with E-state index < -0.39 is 16.7 Å². The average molecular weight is 448 g/mol. The van der Waals surface area contributed by atoms with Crippen molar-refractivity contribution in [1.29, 1.82) is 0 Å². The summed E-state index contributed by atoms with van der Waals surface area (Å²) in [6.45, 7) is 14.2. The second-order valence-electron chi connectivity index (χ2n) is 9.76. The molecule has 2 rings (SSSR count). The van der Waals surface area contributed by atoms with Gasteiger partial charge in [-0.15, -0.1) is 18.9 Å². The molecule has 172 valence electrons. The molecule has 1 aromatic rings. The lowest BCUT2D eigenvalue weighted by Crippen LogP contribution is -2.48. The van der Waals surface area contributed by atoms with Crippen LogP contribution in [-0.2, 0) is 4.84 Å². The lowest BCUT2D eigenvalue weighted by Gasteiger charge is -2.35. The number of hydrogen-bond donors (Lipinski definition) is 2. The summed E-state index contributed by atoms with van der Waals surface area (Å²) in [6.07, 6.45) is -0.0622. The van der Waals surface area contributed by atoms with Gasteiger partial charge in [0, 0.05) is 29.1 Å². The Labute approximate surface area is 181 Å². The summed E-state index contributed by atoms with van der Waals surface area (Å²) < 4.78 is 19.7. The number of nitrogens with one attached hydrogen (secondary N) is 1. The van der Waals surface area contributed by atoms with Crippen LogP contribution in [0.15, 0.2) is 0 Å². The fourth-order valence-corrected chi connectivity index (χ4v) is 3.97. The first-order chi connectivity index (χ1) is 13.7. The molecule has 0 saturated carbocycles. The van der Waals surface area contributed by atoms with Crippen molar-refractivity contribution in [3.63, 3.8) is 0 Å². The minimum absolute atomic E-state index is 0.0635. The van der Waals surface area contributed by atoms with Crippen molar-refractivity contribution in [2.45, 2.75) is 77.6 Å². The smallest absolute Gasteiger partial charge is 0.294 e. The van der Waals surface area contributed by atoms with Crippen molar-refractivity contribution in [2.24, 2.45) is 5.92 Å². The van der Waals surface area contributed by atoms with Crippen molar-refractivity contribution >= 4 is 11.7 Å². The lowest BCUT2D eigenvalue weighted by molar-refractivity contribution is -0.768. The molecule has 0 spiro atoms. The van der Waals surface area contributed by atoms with E-state index in [4.69, 9.17) is 14.3 Å². The Morgan fingerprint density at radius 3 is 2.40 bits per heavy atom. The first-order valence-corrected chi connectivity index (χ1v) is 10.6. The summed E-state index contributed by atoms with van der Waals surface area (Å²) in [5, 5.41) is 24.9. The topological polar surface area (TPSA) is 132 Å². The summed E-state index contributed by atoms with van der Waals surface area (Å²) in [4.78, 5) is 15.5. The Hall–Kier alpha value is -1.76. The van der Waals surface area contributed by atoms with Crippen LogP contribution in [0.3, 0.4) is 0 Å². The zero-order chi connectivity index (χ0) is 22.7. The standard InChI is InChI=1S/C18H33N5O6S/c1-16(2,3)19-9-13(29-23(25)26)11-28-15-14(20-30-21-15)27-10-12-8-17(4,5)22(24)18(12,6)7/h12-13,19,24H,8-11H2,1-7H3/t12?,13-/m0/s1. The number of hydrogen-bond acceptors (Lipinski definition) is 11. The van der Waals surface area contributed by atoms with E-state index in [0.29, 0.717) is 6.61 Å². The maximum Gasteiger partial charge on any atom is 0.294 e. The fourth-order valence-electron chi connectivity index (χ4n) is 3.52. The highest BCUT2D eigenvalue weighted by Gasteiger charge is 2.51. The van der Waals surface area contributed by atoms with Gasteiger partial charge in [-0.3, -0.25) is 0 Å². The molecule has 0 radical (unpaired) electrons. The second kappa shape index (κ2) is 9.16. The SMILES string of the molecule is CC(C)(C)NC[C@@H](COc1nsnc1OCC1CC(C)(C)N(O)C1(C)C)O[N+](=O)[O-]. The molecule has 2 N–H and O–H groups in total. The summed E-state index contributed by atoms with van der Waals surface area (Å²) in [7, 11) is 0. The predicted octanol–water partition coefficient (Wildman–Crippen LogP) is 2.53. The molecule has 1 aromatic heterocycles. The largest absolute Gasteiger partial charge is 0.473 e. The molecule has 0 aromatic carbocycles. The third-order valence-electron chi connectivity index (χ3n) is 5.22. The predicted molar refractivity (Wildman–Crippen MR) is 110 cm³/mol. The molecule has 30 heavy (non-hydrogen) atoms. The van der Waals surface area contributed by atoms with Gasteiger partial charge < -0.3 is 24.8 Å². The zero-order valence-corrected chi connectivity index (χ0v) is 19.5. The lowest BCUT2D eigenvalue weighted by atomic mass is 9.88. The molecule has 0 aliphatic carbocycles. The van der Waals surface area contributed by atoms with Gasteiger partial charge in [-0.05, 0) is 54.9 Å². The Balaban J connectivity index is 1.95. The molecule has 0 bridgehead atoms. The van der Waals surface area contributed by atoms with Crippen LogP contribution in [0.2, 0.25) is 0 Å². The van der Waals surface area contributed by atoms with E-state index in [9.17, 15) is 15.3 Å². The highest BCUT2D eigenvalue weighted by Crippen LogP contribution is 2.43. The Morgan fingerprint density at radius 1 is 1.30 bits per heavy atom. The molecule has 1 saturated heterocycles. The molecule has 1 fully saturated rings. The molecule has 11 nitrogen and oxygen atoms in total. The van der Waals surface area contributed by atoms with Crippen LogP contribution in [0.25, 0.3) is 0 Å². The minimum Gasteiger partial charge on any atom is -0.473 e. The van der Waals surface area contributed by atoms with Gasteiger partial charge in [0.05, 0.1) is 18.3 Å². The summed E-state index contributed by atoms with van der Waals surface area (Å²) in [5.74, 6) is 0.464. The van der Waals surface area contributed by atoms with Crippen molar-refractivity contribution in [3.8, 4) is 11.8 Å². The van der Waals surface area contributed by atoms with Crippen LogP contribution in [0.4, 0.5) is 0 Å². The first kappa shape index (κ1) is 24.5. The molecule has 1 unspecified atom stereocenters. The summed E-state index contributed by atoms with van der Waals surface area (Å²) >= 11 is 0.932. The highest BCUT2D eigenvalue weighted by molar-refractivity contribution is 6.99. The van der Waals surface area contributed by atoms with Gasteiger partial charge in [0.15, 0.2) is 6.10 Å². The van der Waals surface area contributed by atoms with Gasteiger partial charge in [0.1, 0.15) is 6.61 Å². The number of ether oxygens (including phenoxy) is 2. The van der Waals surface area contributed by atoms with E-state index in [1.54, 1.807) is 0 Å². The molecule has 0 amide bonds. The fraction of sp³-hybridized carbons (Fsp3) is 0.889. The third-order valence-corrected chi connectivity index (χ3v) is 5.71. The molecule has 12 heteroatoms. The minimum atomic E-state index is -0.834. The highest BCUT2D eigenvalue weighted by atomic mass is 32.1. The van der Waals surface area contributed by atoms with E-state index in [0.717, 1.165) is 18.1 Å². The van der Waals surface area contributed by atoms with Crippen LogP contribution < -0.4 is 14.8 Å².